The summed E-state index contributed by atoms with van der Waals surface area (Å²) >= 11 is 0. The summed E-state index contributed by atoms with van der Waals surface area (Å²) in [4.78, 5) is 14.7. The van der Waals surface area contributed by atoms with Gasteiger partial charge in [-0.3, -0.25) is 0 Å². The van der Waals surface area contributed by atoms with Gasteiger partial charge in [0.05, 0.1) is 11.0 Å². The van der Waals surface area contributed by atoms with E-state index in [0.29, 0.717) is 55.8 Å². The second kappa shape index (κ2) is 15.1. The molecule has 0 amide bonds. The number of rotatable bonds is 6. The molecule has 6 nitrogen and oxygen atoms in total. The van der Waals surface area contributed by atoms with Gasteiger partial charge in [-0.15, -0.1) is 0 Å². The molecule has 12 rings (SSSR count). The number of hydrogen-bond donors (Lipinski definition) is 0. The predicted molar refractivity (Wildman–Crippen MR) is 276 cm³/mol. The smallest absolute Gasteiger partial charge is 0.164 e. The summed E-state index contributed by atoms with van der Waals surface area (Å²) in [5.41, 5.74) is 12.2. The molecule has 11 aromatic rings. The van der Waals surface area contributed by atoms with E-state index in [1.54, 1.807) is 12.1 Å². The Labute approximate surface area is 382 Å². The Bertz CT molecular complexity index is 3850. The highest BCUT2D eigenvalue weighted by Crippen LogP contribution is 2.40. The Morgan fingerprint density at radius 2 is 1.14 bits per heavy atom. The van der Waals surface area contributed by atoms with Crippen LogP contribution in [-0.4, -0.2) is 71.2 Å². The van der Waals surface area contributed by atoms with Crippen molar-refractivity contribution >= 4 is 163 Å². The number of fused-ring (bicyclic) bond motifs is 10. The van der Waals surface area contributed by atoms with E-state index >= 15 is 0 Å². The van der Waals surface area contributed by atoms with E-state index in [9.17, 15) is 0 Å². The number of aromatic nitrogens is 5. The number of furan rings is 1. The third-order valence-corrected chi connectivity index (χ3v) is 12.5. The van der Waals surface area contributed by atoms with E-state index in [0.717, 1.165) is 101 Å². The first-order chi connectivity index (χ1) is 31.7. The summed E-state index contributed by atoms with van der Waals surface area (Å²) < 4.78 is 10.8. The Morgan fingerprint density at radius 1 is 0.523 bits per heavy atom. The van der Waals surface area contributed by atoms with Crippen LogP contribution in [0.5, 0.6) is 0 Å². The first-order valence-corrected chi connectivity index (χ1v) is 21.3. The van der Waals surface area contributed by atoms with Crippen LogP contribution in [0.3, 0.4) is 0 Å². The summed E-state index contributed by atoms with van der Waals surface area (Å²) in [5, 5.41) is 5.02. The molecular weight excluding hydrogens is 787 g/mol. The minimum absolute atomic E-state index is 0.419. The van der Waals surface area contributed by atoms with Crippen molar-refractivity contribution in [1.82, 2.24) is 24.1 Å². The fourth-order valence-corrected chi connectivity index (χ4v) is 9.59. The van der Waals surface area contributed by atoms with Gasteiger partial charge in [0.1, 0.15) is 58.2 Å². The second-order valence-electron chi connectivity index (χ2n) is 16.5. The van der Waals surface area contributed by atoms with E-state index < -0.39 is 0 Å². The Morgan fingerprint density at radius 3 is 1.78 bits per heavy atom. The molecule has 0 aliphatic heterocycles. The molecule has 1 aliphatic rings. The van der Waals surface area contributed by atoms with E-state index in [4.69, 9.17) is 66.4 Å². The lowest BCUT2D eigenvalue weighted by atomic mass is 9.74. The lowest BCUT2D eigenvalue weighted by Crippen LogP contribution is -2.27. The van der Waals surface area contributed by atoms with E-state index in [1.807, 2.05) is 103 Å². The molecule has 1 aliphatic carbocycles. The van der Waals surface area contributed by atoms with Crippen LogP contribution in [0.25, 0.3) is 118 Å². The van der Waals surface area contributed by atoms with Crippen LogP contribution >= 0.6 is 0 Å². The van der Waals surface area contributed by atoms with Gasteiger partial charge in [-0.05, 0) is 54.8 Å². The summed E-state index contributed by atoms with van der Waals surface area (Å²) in [7, 11) is 40.8. The zero-order valence-electron chi connectivity index (χ0n) is 35.0. The lowest BCUT2D eigenvalue weighted by Gasteiger charge is -2.17. The molecule has 0 saturated heterocycles. The molecular formula is C53H29B6N5O. The van der Waals surface area contributed by atoms with Crippen molar-refractivity contribution in [2.24, 2.45) is 0 Å². The predicted octanol–water partition coefficient (Wildman–Crippen LogP) is 6.57. The highest BCUT2D eigenvalue weighted by atomic mass is 16.3. The van der Waals surface area contributed by atoms with Gasteiger partial charge in [0.25, 0.3) is 0 Å². The van der Waals surface area contributed by atoms with Gasteiger partial charge in [-0.25, -0.2) is 15.0 Å². The van der Waals surface area contributed by atoms with E-state index in [2.05, 4.69) is 45.6 Å². The number of benzene rings is 7. The highest BCUT2D eigenvalue weighted by molar-refractivity contribution is 6.61. The van der Waals surface area contributed by atoms with Gasteiger partial charge < -0.3 is 13.6 Å². The number of hydrogen-bond acceptors (Lipinski definition) is 4. The average Bonchev–Trinajstić information content (AvgIpc) is 3.98. The van der Waals surface area contributed by atoms with Gasteiger partial charge >= 0.3 is 0 Å². The van der Waals surface area contributed by atoms with Crippen molar-refractivity contribution in [3.05, 3.63) is 145 Å². The van der Waals surface area contributed by atoms with Gasteiger partial charge in [0, 0.05) is 71.9 Å². The topological polar surface area (TPSA) is 61.7 Å². The Hall–Kier alpha value is -7.44. The summed E-state index contributed by atoms with van der Waals surface area (Å²) in [6.07, 6.45) is 12.1. The molecule has 0 fully saturated rings. The maximum atomic E-state index is 7.08. The monoisotopic (exact) mass is 817 g/mol. The minimum atomic E-state index is 0.419. The second-order valence-corrected chi connectivity index (χ2v) is 16.5. The largest absolute Gasteiger partial charge is 0.456 e. The summed E-state index contributed by atoms with van der Waals surface area (Å²) in [6, 6.07) is 39.5. The van der Waals surface area contributed by atoms with Gasteiger partial charge in [-0.2, -0.15) is 0 Å². The van der Waals surface area contributed by atoms with Crippen molar-refractivity contribution in [3.63, 3.8) is 0 Å². The molecule has 290 valence electrons. The molecule has 4 aromatic heterocycles. The molecule has 4 heterocycles. The van der Waals surface area contributed by atoms with Crippen molar-refractivity contribution in [2.45, 2.75) is 12.8 Å². The van der Waals surface area contributed by atoms with Gasteiger partial charge in [0.15, 0.2) is 17.5 Å². The number of nitrogens with zero attached hydrogens (tertiary/aromatic N) is 5. The molecule has 7 aromatic carbocycles. The normalized spacial score (nSPS) is 13.1. The molecule has 0 saturated carbocycles. The van der Waals surface area contributed by atoms with E-state index in [-0.39, 0.29) is 0 Å². The average molecular weight is 817 g/mol. The molecule has 0 atom stereocenters. The summed E-state index contributed by atoms with van der Waals surface area (Å²) in [5.74, 6) is 1.73. The third-order valence-electron chi connectivity index (χ3n) is 12.5. The molecule has 0 spiro atoms. The van der Waals surface area contributed by atoms with Gasteiger partial charge in [-0.1, -0.05) is 142 Å². The molecule has 0 bridgehead atoms. The molecule has 0 unspecified atom stereocenters. The maximum Gasteiger partial charge on any atom is 0.164 e. The first kappa shape index (κ1) is 39.2. The molecule has 12 radical (unpaired) electrons. The fraction of sp³-hybridized carbons (Fsp3) is 0.0377. The van der Waals surface area contributed by atoms with Crippen LogP contribution in [0.1, 0.15) is 18.4 Å². The van der Waals surface area contributed by atoms with E-state index in [1.165, 1.54) is 0 Å². The lowest BCUT2D eigenvalue weighted by molar-refractivity contribution is 0.669. The van der Waals surface area contributed by atoms with Crippen LogP contribution in [-0.2, 0) is 0 Å². The minimum Gasteiger partial charge on any atom is -0.456 e. The van der Waals surface area contributed by atoms with Crippen molar-refractivity contribution < 1.29 is 4.42 Å². The zero-order valence-corrected chi connectivity index (χ0v) is 35.0. The van der Waals surface area contributed by atoms with Crippen LogP contribution in [0.4, 0.5) is 0 Å². The Balaban J connectivity index is 1.03. The standard InChI is InChI=1S/C53H29B6N5O/c54-32-24-37-43-45(58)46(59)44-38-25-33(55)27-40(57)48(38)64(34-14-8-3-9-15-34)50(44)49(43)63(47(37)39(56)26-32)21-20-28-16-19-41-36(22-28)35-18-17-31(23-42(35)65-41)53-61-51(29-10-4-1-5-11-29)60-52(62-53)30-12-6-2-7-13-30/h1-8,10-14,16-27H,9,15H2. The number of allylic oxidation sites excluding steroid dienone is 4. The summed E-state index contributed by atoms with van der Waals surface area (Å²) in [6.45, 7) is 0. The van der Waals surface area contributed by atoms with Crippen molar-refractivity contribution in [2.75, 3.05) is 0 Å². The molecule has 0 N–H and O–H groups in total. The molecule has 12 heteroatoms. The third kappa shape index (κ3) is 6.29. The molecule has 65 heavy (non-hydrogen) atoms. The quantitative estimate of drug-likeness (QED) is 0.179. The van der Waals surface area contributed by atoms with Gasteiger partial charge in [0.2, 0.25) is 0 Å². The Kier molecular flexibility index (Phi) is 9.10. The zero-order chi connectivity index (χ0) is 44.1. The SMILES string of the molecule is [B]c1cc([B])c2c(c1)c1c([B])c([B])c3c4cc([B])cc([B])c4n(C4=CC=CCC4)c3c1n2C=Cc1ccc2oc3cc(-c4nc(-c5ccccc5)nc(-c5ccccc5)n4)ccc3c2c1. The fourth-order valence-electron chi connectivity index (χ4n) is 9.59. The first-order valence-electron chi connectivity index (χ1n) is 21.3. The van der Waals surface area contributed by atoms with Crippen LogP contribution in [0.2, 0.25) is 0 Å². The van der Waals surface area contributed by atoms with Crippen molar-refractivity contribution in [3.8, 4) is 34.2 Å². The maximum absolute atomic E-state index is 7.08. The van der Waals surface area contributed by atoms with Crippen LogP contribution in [0.15, 0.2) is 144 Å². The van der Waals surface area contributed by atoms with Crippen molar-refractivity contribution in [1.29, 1.82) is 0 Å². The van der Waals surface area contributed by atoms with Crippen LogP contribution in [0, 0.1) is 0 Å². The van der Waals surface area contributed by atoms with Crippen LogP contribution < -0.4 is 32.8 Å². The highest BCUT2D eigenvalue weighted by Gasteiger charge is 2.26.